The van der Waals surface area contributed by atoms with Crippen LogP contribution in [0.1, 0.15) is 6.92 Å². The van der Waals surface area contributed by atoms with Crippen LogP contribution >= 0.6 is 0 Å². The van der Waals surface area contributed by atoms with Crippen molar-refractivity contribution in [2.75, 3.05) is 21.3 Å². The van der Waals surface area contributed by atoms with Crippen LogP contribution in [0.4, 0.5) is 0 Å². The van der Waals surface area contributed by atoms with Crippen LogP contribution in [0.2, 0.25) is 0 Å². The van der Waals surface area contributed by atoms with E-state index in [0.29, 0.717) is 0 Å². The number of carbonyl (C=O) groups excluding carboxylic acids is 1. The van der Waals surface area contributed by atoms with Crippen molar-refractivity contribution >= 4 is 14.8 Å². The topological polar surface area (TPSA) is 54.0 Å². The monoisotopic (exact) mass is 232 g/mol. The van der Waals surface area contributed by atoms with E-state index in [0.717, 1.165) is 0 Å². The molecule has 0 unspecified atom stereocenters. The molecular weight excluding hydrogens is 216 g/mol. The molecule has 0 N–H and O–H groups in total. The highest BCUT2D eigenvalue weighted by Crippen LogP contribution is 2.18. The van der Waals surface area contributed by atoms with Crippen molar-refractivity contribution in [3.63, 3.8) is 0 Å². The molecule has 0 radical (unpaired) electrons. The van der Waals surface area contributed by atoms with Crippen LogP contribution < -0.4 is 0 Å². The van der Waals surface area contributed by atoms with E-state index in [1.807, 2.05) is 0 Å². The summed E-state index contributed by atoms with van der Waals surface area (Å²) in [7, 11) is 1.10. The van der Waals surface area contributed by atoms with Gasteiger partial charge in [-0.05, 0) is 6.92 Å². The molecule has 0 aromatic carbocycles. The van der Waals surface area contributed by atoms with Gasteiger partial charge in [-0.3, -0.25) is 0 Å². The van der Waals surface area contributed by atoms with E-state index >= 15 is 0 Å². The van der Waals surface area contributed by atoms with Crippen molar-refractivity contribution in [1.29, 1.82) is 0 Å². The molecule has 0 spiro atoms. The molecule has 6 heteroatoms. The highest BCUT2D eigenvalue weighted by Gasteiger charge is 2.45. The first-order valence-electron chi connectivity index (χ1n) is 4.16. The summed E-state index contributed by atoms with van der Waals surface area (Å²) in [5.41, 5.74) is 0.266. The normalized spacial score (nSPS) is 10.9. The van der Waals surface area contributed by atoms with E-state index in [-0.39, 0.29) is 11.0 Å². The van der Waals surface area contributed by atoms with Gasteiger partial charge in [0.1, 0.15) is 0 Å². The molecule has 0 aliphatic carbocycles. The summed E-state index contributed by atoms with van der Waals surface area (Å²) < 4.78 is 20.1. The Labute approximate surface area is 90.6 Å². The third-order valence-corrected chi connectivity index (χ3v) is 4.11. The van der Waals surface area contributed by atoms with Crippen LogP contribution in [0.25, 0.3) is 0 Å². The van der Waals surface area contributed by atoms with Crippen LogP contribution in [0.15, 0.2) is 24.1 Å². The van der Waals surface area contributed by atoms with Gasteiger partial charge in [0.2, 0.25) is 0 Å². The highest BCUT2D eigenvalue weighted by atomic mass is 28.4. The molecule has 15 heavy (non-hydrogen) atoms. The summed E-state index contributed by atoms with van der Waals surface area (Å²) >= 11 is 0. The second-order valence-corrected chi connectivity index (χ2v) is 5.66. The molecule has 0 atom stereocenters. The molecule has 0 aliphatic rings. The van der Waals surface area contributed by atoms with Crippen LogP contribution in [0.3, 0.4) is 0 Å². The Hall–Kier alpha value is -0.953. The molecule has 0 saturated carbocycles. The third-order valence-electron chi connectivity index (χ3n) is 1.71. The maximum absolute atomic E-state index is 11.2. The Bertz CT molecular complexity index is 261. The Kier molecular flexibility index (Phi) is 5.44. The van der Waals surface area contributed by atoms with E-state index in [9.17, 15) is 4.79 Å². The van der Waals surface area contributed by atoms with Gasteiger partial charge >= 0.3 is 14.8 Å². The minimum absolute atomic E-state index is 0.0444. The average Bonchev–Trinajstić information content (AvgIpc) is 2.21. The largest absolute Gasteiger partial charge is 0.573 e. The molecule has 0 aromatic rings. The molecule has 86 valence electrons. The zero-order chi connectivity index (χ0) is 12.1. The highest BCUT2D eigenvalue weighted by molar-refractivity contribution is 6.68. The van der Waals surface area contributed by atoms with E-state index in [1.165, 1.54) is 28.3 Å². The Morgan fingerprint density at radius 1 is 1.07 bits per heavy atom. The van der Waals surface area contributed by atoms with Gasteiger partial charge in [-0.1, -0.05) is 13.2 Å². The molecule has 0 amide bonds. The van der Waals surface area contributed by atoms with E-state index in [2.05, 4.69) is 13.2 Å². The lowest BCUT2D eigenvalue weighted by Gasteiger charge is -2.24. The van der Waals surface area contributed by atoms with Crippen molar-refractivity contribution in [1.82, 2.24) is 0 Å². The number of rotatable bonds is 6. The number of hydrogen-bond donors (Lipinski definition) is 0. The van der Waals surface area contributed by atoms with Crippen molar-refractivity contribution < 1.29 is 22.8 Å². The van der Waals surface area contributed by atoms with Gasteiger partial charge < -0.3 is 18.0 Å². The maximum atomic E-state index is 11.2. The molecule has 0 fully saturated rings. The number of ether oxygens (including phenoxy) is 1. The number of hydrogen-bond acceptors (Lipinski definition) is 5. The fourth-order valence-corrected chi connectivity index (χ4v) is 2.25. The molecule has 0 aromatic heterocycles. The predicted octanol–water partition coefficient (Wildman–Crippen LogP) is 1.04. The van der Waals surface area contributed by atoms with Gasteiger partial charge in [-0.25, -0.2) is 4.79 Å². The fourth-order valence-electron chi connectivity index (χ4n) is 0.853. The van der Waals surface area contributed by atoms with Gasteiger partial charge in [-0.2, -0.15) is 0 Å². The molecule has 0 saturated heterocycles. The summed E-state index contributed by atoms with van der Waals surface area (Å²) in [6, 6.07) is 0. The van der Waals surface area contributed by atoms with Crippen LogP contribution in [0, 0.1) is 0 Å². The Morgan fingerprint density at radius 2 is 1.47 bits per heavy atom. The molecule has 0 heterocycles. The standard InChI is InChI=1S/C9H16O5Si/c1-7(2)9(10)14-8(3)15(11-4,12-5)13-6/h1,3H2,2,4-6H3. The fraction of sp³-hybridized carbons (Fsp3) is 0.444. The van der Waals surface area contributed by atoms with E-state index in [4.69, 9.17) is 18.0 Å². The number of esters is 1. The molecule has 5 nitrogen and oxygen atoms in total. The summed E-state index contributed by atoms with van der Waals surface area (Å²) in [6.45, 7) is 8.54. The summed E-state index contributed by atoms with van der Waals surface area (Å²) in [5.74, 6) is -0.581. The lowest BCUT2D eigenvalue weighted by atomic mass is 10.4. The Morgan fingerprint density at radius 3 is 1.73 bits per heavy atom. The molecule has 0 aliphatic heterocycles. The molecular formula is C9H16O5Si. The minimum atomic E-state index is -3.11. The second-order valence-electron chi connectivity index (χ2n) is 2.76. The lowest BCUT2D eigenvalue weighted by Crippen LogP contribution is -2.46. The lowest BCUT2D eigenvalue weighted by molar-refractivity contribution is -0.135. The predicted molar refractivity (Wildman–Crippen MR) is 56.8 cm³/mol. The summed E-state index contributed by atoms with van der Waals surface area (Å²) in [6.07, 6.45) is 0. The minimum Gasteiger partial charge on any atom is -0.425 e. The van der Waals surface area contributed by atoms with Crippen LogP contribution in [0.5, 0.6) is 0 Å². The number of carbonyl (C=O) groups is 1. The van der Waals surface area contributed by atoms with Gasteiger partial charge in [0, 0.05) is 26.9 Å². The second kappa shape index (κ2) is 5.81. The third kappa shape index (κ3) is 3.28. The zero-order valence-electron chi connectivity index (χ0n) is 9.46. The van der Waals surface area contributed by atoms with Crippen LogP contribution in [-0.2, 0) is 22.8 Å². The van der Waals surface area contributed by atoms with Crippen molar-refractivity contribution in [2.24, 2.45) is 0 Å². The van der Waals surface area contributed by atoms with E-state index in [1.54, 1.807) is 0 Å². The van der Waals surface area contributed by atoms with Crippen LogP contribution in [-0.4, -0.2) is 36.1 Å². The molecule has 0 rings (SSSR count). The van der Waals surface area contributed by atoms with E-state index < -0.39 is 14.8 Å². The first-order valence-corrected chi connectivity index (χ1v) is 5.88. The van der Waals surface area contributed by atoms with Gasteiger partial charge in [-0.15, -0.1) is 0 Å². The maximum Gasteiger partial charge on any atom is 0.573 e. The van der Waals surface area contributed by atoms with Crippen molar-refractivity contribution in [3.05, 3.63) is 24.1 Å². The first kappa shape index (κ1) is 14.0. The SMILES string of the molecule is C=C(C)C(=O)OC(=C)[Si](OC)(OC)OC. The summed E-state index contributed by atoms with van der Waals surface area (Å²) in [4.78, 5) is 11.2. The summed E-state index contributed by atoms with van der Waals surface area (Å²) in [5, 5.41) is 0.0444. The van der Waals surface area contributed by atoms with Crippen molar-refractivity contribution in [2.45, 2.75) is 6.92 Å². The quantitative estimate of drug-likeness (QED) is 0.296. The first-order chi connectivity index (χ1) is 6.93. The smallest absolute Gasteiger partial charge is 0.425 e. The van der Waals surface area contributed by atoms with Gasteiger partial charge in [0.05, 0.1) is 0 Å². The average molecular weight is 232 g/mol. The van der Waals surface area contributed by atoms with Gasteiger partial charge in [0.25, 0.3) is 0 Å². The van der Waals surface area contributed by atoms with Crippen molar-refractivity contribution in [3.8, 4) is 0 Å². The Balaban J connectivity index is 4.67. The molecule has 0 bridgehead atoms. The van der Waals surface area contributed by atoms with Gasteiger partial charge in [0.15, 0.2) is 5.38 Å². The zero-order valence-corrected chi connectivity index (χ0v) is 10.5.